The van der Waals surface area contributed by atoms with Crippen molar-refractivity contribution in [3.63, 3.8) is 0 Å². The second-order valence-corrected chi connectivity index (χ2v) is 7.19. The molecule has 0 fully saturated rings. The molecule has 1 amide bonds. The van der Waals surface area contributed by atoms with Crippen LogP contribution in [0.1, 0.15) is 29.8 Å². The standard InChI is InChI=1S/C13H21N3O3S/c1-9-5-6-10(7-11(9)16-20(4,18)19)12(17)15-13(2,3)8-14/h5-7,16H,8,14H2,1-4H3,(H,15,17). The number of sulfonamides is 1. The Kier molecular flexibility index (Phi) is 4.77. The van der Waals surface area contributed by atoms with Gasteiger partial charge >= 0.3 is 0 Å². The van der Waals surface area contributed by atoms with Crippen molar-refractivity contribution in [2.45, 2.75) is 26.3 Å². The minimum Gasteiger partial charge on any atom is -0.346 e. The van der Waals surface area contributed by atoms with Crippen molar-refractivity contribution in [3.05, 3.63) is 29.3 Å². The van der Waals surface area contributed by atoms with Gasteiger partial charge in [0.1, 0.15) is 0 Å². The fourth-order valence-electron chi connectivity index (χ4n) is 1.50. The Bertz CT molecular complexity index is 609. The molecule has 0 saturated heterocycles. The smallest absolute Gasteiger partial charge is 0.251 e. The number of aryl methyl sites for hydroxylation is 1. The molecule has 4 N–H and O–H groups in total. The van der Waals surface area contributed by atoms with E-state index >= 15 is 0 Å². The summed E-state index contributed by atoms with van der Waals surface area (Å²) >= 11 is 0. The largest absolute Gasteiger partial charge is 0.346 e. The Morgan fingerprint density at radius 2 is 1.95 bits per heavy atom. The third-order valence-corrected chi connectivity index (χ3v) is 3.35. The topological polar surface area (TPSA) is 101 Å². The summed E-state index contributed by atoms with van der Waals surface area (Å²) in [7, 11) is -3.38. The van der Waals surface area contributed by atoms with Crippen LogP contribution >= 0.6 is 0 Å². The lowest BCUT2D eigenvalue weighted by Gasteiger charge is -2.24. The molecule has 0 aromatic heterocycles. The Labute approximate surface area is 119 Å². The predicted octanol–water partition coefficient (Wildman–Crippen LogP) is 0.834. The van der Waals surface area contributed by atoms with Crippen LogP contribution in [-0.2, 0) is 10.0 Å². The predicted molar refractivity (Wildman–Crippen MR) is 80.2 cm³/mol. The van der Waals surface area contributed by atoms with Crippen LogP contribution in [0.15, 0.2) is 18.2 Å². The van der Waals surface area contributed by atoms with Crippen LogP contribution in [-0.4, -0.2) is 32.7 Å². The molecule has 1 aromatic rings. The van der Waals surface area contributed by atoms with E-state index in [0.29, 0.717) is 17.8 Å². The summed E-state index contributed by atoms with van der Waals surface area (Å²) in [5.74, 6) is -0.294. The van der Waals surface area contributed by atoms with E-state index in [4.69, 9.17) is 5.73 Å². The van der Waals surface area contributed by atoms with Crippen LogP contribution in [0.4, 0.5) is 5.69 Å². The molecule has 0 radical (unpaired) electrons. The summed E-state index contributed by atoms with van der Waals surface area (Å²) in [6, 6.07) is 4.85. The highest BCUT2D eigenvalue weighted by atomic mass is 32.2. The number of rotatable bonds is 5. The molecule has 0 saturated carbocycles. The van der Waals surface area contributed by atoms with E-state index in [1.165, 1.54) is 6.07 Å². The van der Waals surface area contributed by atoms with Crippen molar-refractivity contribution in [3.8, 4) is 0 Å². The van der Waals surface area contributed by atoms with Gasteiger partial charge in [-0.15, -0.1) is 0 Å². The van der Waals surface area contributed by atoms with E-state index in [2.05, 4.69) is 10.0 Å². The summed E-state index contributed by atoms with van der Waals surface area (Å²) < 4.78 is 25.0. The van der Waals surface area contributed by atoms with E-state index < -0.39 is 15.6 Å². The summed E-state index contributed by atoms with van der Waals surface area (Å²) in [4.78, 5) is 12.1. The molecule has 0 unspecified atom stereocenters. The number of amides is 1. The van der Waals surface area contributed by atoms with Gasteiger partial charge in [0.05, 0.1) is 11.9 Å². The second kappa shape index (κ2) is 5.80. The Balaban J connectivity index is 3.04. The van der Waals surface area contributed by atoms with Crippen molar-refractivity contribution in [2.24, 2.45) is 5.73 Å². The highest BCUT2D eigenvalue weighted by Gasteiger charge is 2.19. The minimum absolute atomic E-state index is 0.294. The fourth-order valence-corrected chi connectivity index (χ4v) is 2.12. The first-order valence-electron chi connectivity index (χ1n) is 6.15. The SMILES string of the molecule is Cc1ccc(C(=O)NC(C)(C)CN)cc1NS(C)(=O)=O. The molecule has 1 aromatic carbocycles. The first-order chi connectivity index (χ1) is 9.04. The fraction of sp³-hybridized carbons (Fsp3) is 0.462. The zero-order chi connectivity index (χ0) is 15.6. The van der Waals surface area contributed by atoms with Gasteiger partial charge in [-0.05, 0) is 38.5 Å². The van der Waals surface area contributed by atoms with Crippen molar-refractivity contribution in [2.75, 3.05) is 17.5 Å². The number of nitrogens with one attached hydrogen (secondary N) is 2. The number of hydrogen-bond acceptors (Lipinski definition) is 4. The molecule has 0 bridgehead atoms. The number of hydrogen-bond donors (Lipinski definition) is 3. The molecular formula is C13H21N3O3S. The van der Waals surface area contributed by atoms with Gasteiger partial charge in [-0.3, -0.25) is 9.52 Å². The average molecular weight is 299 g/mol. The molecule has 6 nitrogen and oxygen atoms in total. The molecule has 20 heavy (non-hydrogen) atoms. The van der Waals surface area contributed by atoms with Crippen molar-refractivity contribution in [1.29, 1.82) is 0 Å². The van der Waals surface area contributed by atoms with Gasteiger partial charge in [-0.25, -0.2) is 8.42 Å². The highest BCUT2D eigenvalue weighted by Crippen LogP contribution is 2.18. The molecule has 0 aliphatic carbocycles. The molecule has 0 aliphatic heterocycles. The Hall–Kier alpha value is -1.60. The van der Waals surface area contributed by atoms with E-state index in [9.17, 15) is 13.2 Å². The normalized spacial score (nSPS) is 12.1. The lowest BCUT2D eigenvalue weighted by molar-refractivity contribution is 0.0915. The number of carbonyl (C=O) groups is 1. The van der Waals surface area contributed by atoms with Gasteiger partial charge < -0.3 is 11.1 Å². The van der Waals surface area contributed by atoms with Crippen LogP contribution in [0.25, 0.3) is 0 Å². The number of benzene rings is 1. The second-order valence-electron chi connectivity index (χ2n) is 5.45. The Morgan fingerprint density at radius 1 is 1.35 bits per heavy atom. The molecule has 0 atom stereocenters. The minimum atomic E-state index is -3.38. The number of nitrogens with two attached hydrogens (primary N) is 1. The summed E-state index contributed by atoms with van der Waals surface area (Å²) in [5.41, 5.74) is 6.56. The summed E-state index contributed by atoms with van der Waals surface area (Å²) in [6.45, 7) is 5.70. The van der Waals surface area contributed by atoms with Gasteiger partial charge in [0, 0.05) is 17.6 Å². The van der Waals surface area contributed by atoms with Gasteiger partial charge in [0.2, 0.25) is 10.0 Å². The molecule has 0 aliphatic rings. The quantitative estimate of drug-likeness (QED) is 0.749. The molecule has 0 spiro atoms. The monoisotopic (exact) mass is 299 g/mol. The van der Waals surface area contributed by atoms with Gasteiger partial charge in [-0.2, -0.15) is 0 Å². The first-order valence-corrected chi connectivity index (χ1v) is 8.04. The van der Waals surface area contributed by atoms with Crippen LogP contribution < -0.4 is 15.8 Å². The lowest BCUT2D eigenvalue weighted by atomic mass is 10.0. The van der Waals surface area contributed by atoms with Crippen LogP contribution in [0.3, 0.4) is 0 Å². The Morgan fingerprint density at radius 3 is 2.45 bits per heavy atom. The third-order valence-electron chi connectivity index (χ3n) is 2.76. The number of anilines is 1. The van der Waals surface area contributed by atoms with E-state index in [1.807, 2.05) is 13.8 Å². The molecule has 7 heteroatoms. The van der Waals surface area contributed by atoms with Gasteiger partial charge in [-0.1, -0.05) is 6.07 Å². The van der Waals surface area contributed by atoms with Crippen molar-refractivity contribution in [1.82, 2.24) is 5.32 Å². The van der Waals surface area contributed by atoms with Crippen LogP contribution in [0.2, 0.25) is 0 Å². The maximum atomic E-state index is 12.1. The van der Waals surface area contributed by atoms with Crippen molar-refractivity contribution >= 4 is 21.6 Å². The number of carbonyl (C=O) groups excluding carboxylic acids is 1. The van der Waals surface area contributed by atoms with E-state index in [1.54, 1.807) is 19.1 Å². The molecule has 0 heterocycles. The summed E-state index contributed by atoms with van der Waals surface area (Å²) in [5, 5.41) is 2.79. The summed E-state index contributed by atoms with van der Waals surface area (Å²) in [6.07, 6.45) is 1.07. The third kappa shape index (κ3) is 4.82. The van der Waals surface area contributed by atoms with Gasteiger partial charge in [0.25, 0.3) is 5.91 Å². The van der Waals surface area contributed by atoms with Crippen LogP contribution in [0.5, 0.6) is 0 Å². The highest BCUT2D eigenvalue weighted by molar-refractivity contribution is 7.92. The average Bonchev–Trinajstić information content (AvgIpc) is 2.29. The molecule has 1 rings (SSSR count). The molecule has 112 valence electrons. The van der Waals surface area contributed by atoms with E-state index in [-0.39, 0.29) is 5.91 Å². The lowest BCUT2D eigenvalue weighted by Crippen LogP contribution is -2.48. The maximum absolute atomic E-state index is 12.1. The van der Waals surface area contributed by atoms with Crippen molar-refractivity contribution < 1.29 is 13.2 Å². The van der Waals surface area contributed by atoms with Crippen LogP contribution in [0, 0.1) is 6.92 Å². The molecular weight excluding hydrogens is 278 g/mol. The zero-order valence-electron chi connectivity index (χ0n) is 12.1. The zero-order valence-corrected chi connectivity index (χ0v) is 13.0. The maximum Gasteiger partial charge on any atom is 0.251 e. The van der Waals surface area contributed by atoms with Gasteiger partial charge in [0.15, 0.2) is 0 Å². The van der Waals surface area contributed by atoms with E-state index in [0.717, 1.165) is 11.8 Å². The first kappa shape index (κ1) is 16.5.